The average Bonchev–Trinajstić information content (AvgIpc) is 3.35. The lowest BCUT2D eigenvalue weighted by Crippen LogP contribution is -2.17. The number of carbonyl (C=O) groups excluding carboxylic acids is 1. The van der Waals surface area contributed by atoms with E-state index in [0.29, 0.717) is 22.7 Å². The molecule has 3 aromatic carbocycles. The van der Waals surface area contributed by atoms with Gasteiger partial charge < -0.3 is 14.6 Å². The van der Waals surface area contributed by atoms with Gasteiger partial charge in [-0.2, -0.15) is 0 Å². The van der Waals surface area contributed by atoms with Crippen LogP contribution >= 0.6 is 0 Å². The van der Waals surface area contributed by atoms with Gasteiger partial charge in [0.05, 0.1) is 18.3 Å². The second-order valence-corrected chi connectivity index (χ2v) is 8.96. The van der Waals surface area contributed by atoms with Crippen molar-refractivity contribution in [2.75, 3.05) is 17.1 Å². The van der Waals surface area contributed by atoms with Crippen LogP contribution in [-0.2, 0) is 10.0 Å². The van der Waals surface area contributed by atoms with Crippen molar-refractivity contribution in [1.82, 2.24) is 9.55 Å². The van der Waals surface area contributed by atoms with Gasteiger partial charge in [0, 0.05) is 35.0 Å². The van der Waals surface area contributed by atoms with E-state index in [1.54, 1.807) is 61.9 Å². The number of aromatic nitrogens is 2. The van der Waals surface area contributed by atoms with Crippen LogP contribution in [0.15, 0.2) is 90.3 Å². The van der Waals surface area contributed by atoms with Crippen molar-refractivity contribution in [1.29, 1.82) is 0 Å². The van der Waals surface area contributed by atoms with E-state index in [1.165, 1.54) is 19.2 Å². The number of sulfonamides is 1. The van der Waals surface area contributed by atoms with Gasteiger partial charge in [-0.25, -0.2) is 13.4 Å². The highest BCUT2D eigenvalue weighted by atomic mass is 32.2. The van der Waals surface area contributed by atoms with Crippen molar-refractivity contribution in [3.05, 3.63) is 96.6 Å². The summed E-state index contributed by atoms with van der Waals surface area (Å²) in [6.07, 6.45) is 5.19. The van der Waals surface area contributed by atoms with Crippen LogP contribution in [0.4, 0.5) is 11.4 Å². The quantitative estimate of drug-likeness (QED) is 0.428. The molecule has 0 aliphatic carbocycles. The minimum absolute atomic E-state index is 0.00970. The van der Waals surface area contributed by atoms with Gasteiger partial charge in [-0.05, 0) is 73.2 Å². The lowest BCUT2D eigenvalue weighted by atomic mass is 10.1. The molecule has 2 N–H and O–H groups in total. The fourth-order valence-electron chi connectivity index (χ4n) is 3.21. The first-order valence-corrected chi connectivity index (χ1v) is 11.5. The van der Waals surface area contributed by atoms with Crippen molar-refractivity contribution in [3.8, 4) is 11.4 Å². The summed E-state index contributed by atoms with van der Waals surface area (Å²) in [6, 6.07) is 18.2. The van der Waals surface area contributed by atoms with Gasteiger partial charge in [0.15, 0.2) is 0 Å². The van der Waals surface area contributed by atoms with Crippen LogP contribution in [0.2, 0.25) is 0 Å². The Morgan fingerprint density at radius 1 is 0.970 bits per heavy atom. The number of imidazole rings is 1. The van der Waals surface area contributed by atoms with Gasteiger partial charge in [0.25, 0.3) is 15.9 Å². The lowest BCUT2D eigenvalue weighted by Gasteiger charge is -2.12. The summed E-state index contributed by atoms with van der Waals surface area (Å²) in [5, 5.41) is 2.82. The largest absolute Gasteiger partial charge is 0.497 e. The summed E-state index contributed by atoms with van der Waals surface area (Å²) >= 11 is 0. The molecule has 0 unspecified atom stereocenters. The monoisotopic (exact) mass is 462 g/mol. The van der Waals surface area contributed by atoms with Crippen molar-refractivity contribution >= 4 is 27.3 Å². The maximum absolute atomic E-state index is 12.9. The number of nitrogens with zero attached hydrogens (tertiary/aromatic N) is 2. The second kappa shape index (κ2) is 9.17. The predicted octanol–water partition coefficient (Wildman–Crippen LogP) is 4.24. The molecule has 0 radical (unpaired) electrons. The second-order valence-electron chi connectivity index (χ2n) is 7.28. The Kier molecular flexibility index (Phi) is 6.14. The lowest BCUT2D eigenvalue weighted by molar-refractivity contribution is 0.102. The Labute approximate surface area is 191 Å². The third-order valence-corrected chi connectivity index (χ3v) is 6.41. The number of aryl methyl sites for hydroxylation is 1. The Morgan fingerprint density at radius 3 is 2.30 bits per heavy atom. The van der Waals surface area contributed by atoms with E-state index in [4.69, 9.17) is 4.74 Å². The molecule has 9 heteroatoms. The molecule has 1 aromatic heterocycles. The molecular formula is C24H22N4O4S. The molecule has 0 saturated heterocycles. The molecule has 0 fully saturated rings. The van der Waals surface area contributed by atoms with Crippen molar-refractivity contribution in [2.45, 2.75) is 11.8 Å². The molecule has 8 nitrogen and oxygen atoms in total. The van der Waals surface area contributed by atoms with Crippen LogP contribution in [-0.4, -0.2) is 31.0 Å². The first-order chi connectivity index (χ1) is 15.9. The predicted molar refractivity (Wildman–Crippen MR) is 126 cm³/mol. The van der Waals surface area contributed by atoms with Crippen LogP contribution in [0.1, 0.15) is 15.9 Å². The van der Waals surface area contributed by atoms with E-state index < -0.39 is 15.9 Å². The van der Waals surface area contributed by atoms with E-state index in [1.807, 2.05) is 22.9 Å². The SMILES string of the molecule is COc1ccc(NS(=O)(=O)c2ccc(C)c(C(=O)Nc3ccc(-n4ccnc4)cc3)c2)cc1. The van der Waals surface area contributed by atoms with E-state index in [2.05, 4.69) is 15.0 Å². The summed E-state index contributed by atoms with van der Waals surface area (Å²) in [5.41, 5.74) is 2.81. The molecule has 0 atom stereocenters. The van der Waals surface area contributed by atoms with Crippen molar-refractivity contribution in [2.24, 2.45) is 0 Å². The minimum Gasteiger partial charge on any atom is -0.497 e. The van der Waals surface area contributed by atoms with E-state index >= 15 is 0 Å². The van der Waals surface area contributed by atoms with Crippen molar-refractivity contribution < 1.29 is 17.9 Å². The van der Waals surface area contributed by atoms with Gasteiger partial charge in [0.2, 0.25) is 0 Å². The Hall–Kier alpha value is -4.11. The molecule has 0 spiro atoms. The Balaban J connectivity index is 1.52. The van der Waals surface area contributed by atoms with Gasteiger partial charge in [-0.1, -0.05) is 6.07 Å². The summed E-state index contributed by atoms with van der Waals surface area (Å²) in [7, 11) is -2.35. The number of methoxy groups -OCH3 is 1. The van der Waals surface area contributed by atoms with E-state index in [-0.39, 0.29) is 10.5 Å². The molecule has 33 heavy (non-hydrogen) atoms. The number of rotatable bonds is 7. The van der Waals surface area contributed by atoms with Crippen LogP contribution in [0.3, 0.4) is 0 Å². The fraction of sp³-hybridized carbons (Fsp3) is 0.0833. The van der Waals surface area contributed by atoms with Crippen LogP contribution in [0, 0.1) is 6.92 Å². The fourth-order valence-corrected chi connectivity index (χ4v) is 4.30. The van der Waals surface area contributed by atoms with Crippen LogP contribution in [0.25, 0.3) is 5.69 Å². The number of amides is 1. The molecule has 1 heterocycles. The normalized spacial score (nSPS) is 11.1. The molecule has 4 rings (SSSR count). The van der Waals surface area contributed by atoms with Crippen LogP contribution < -0.4 is 14.8 Å². The van der Waals surface area contributed by atoms with Gasteiger partial charge in [-0.3, -0.25) is 9.52 Å². The summed E-state index contributed by atoms with van der Waals surface area (Å²) < 4.78 is 35.2. The topological polar surface area (TPSA) is 102 Å². The zero-order valence-corrected chi connectivity index (χ0v) is 18.8. The Bertz CT molecular complexity index is 1370. The highest BCUT2D eigenvalue weighted by Crippen LogP contribution is 2.22. The molecule has 1 amide bonds. The number of ether oxygens (including phenoxy) is 1. The molecule has 4 aromatic rings. The van der Waals surface area contributed by atoms with E-state index in [9.17, 15) is 13.2 Å². The van der Waals surface area contributed by atoms with Gasteiger partial charge in [-0.15, -0.1) is 0 Å². The summed E-state index contributed by atoms with van der Waals surface area (Å²) in [4.78, 5) is 16.9. The number of carbonyl (C=O) groups is 1. The maximum Gasteiger partial charge on any atom is 0.261 e. The highest BCUT2D eigenvalue weighted by Gasteiger charge is 2.18. The minimum atomic E-state index is -3.89. The van der Waals surface area contributed by atoms with E-state index in [0.717, 1.165) is 5.69 Å². The van der Waals surface area contributed by atoms with Gasteiger partial charge >= 0.3 is 0 Å². The standard InChI is InChI=1S/C24H22N4O4S/c1-17-3-12-22(33(30,31)27-19-6-10-21(32-2)11-7-19)15-23(17)24(29)26-18-4-8-20(9-5-18)28-14-13-25-16-28/h3-16,27H,1-2H3,(H,26,29). The molecule has 0 aliphatic rings. The highest BCUT2D eigenvalue weighted by molar-refractivity contribution is 7.92. The molecule has 0 saturated carbocycles. The molecule has 168 valence electrons. The average molecular weight is 463 g/mol. The molecule has 0 bridgehead atoms. The third-order valence-electron chi connectivity index (χ3n) is 5.03. The maximum atomic E-state index is 12.9. The number of hydrogen-bond acceptors (Lipinski definition) is 5. The first-order valence-electron chi connectivity index (χ1n) is 10.0. The summed E-state index contributed by atoms with van der Waals surface area (Å²) in [5.74, 6) is 0.217. The number of nitrogens with one attached hydrogen (secondary N) is 2. The first kappa shape index (κ1) is 22.1. The number of benzene rings is 3. The third kappa shape index (κ3) is 5.04. The molecule has 0 aliphatic heterocycles. The van der Waals surface area contributed by atoms with Crippen molar-refractivity contribution in [3.63, 3.8) is 0 Å². The number of anilines is 2. The van der Waals surface area contributed by atoms with Gasteiger partial charge in [0.1, 0.15) is 5.75 Å². The van der Waals surface area contributed by atoms with Crippen LogP contribution in [0.5, 0.6) is 5.75 Å². The smallest absolute Gasteiger partial charge is 0.261 e. The summed E-state index contributed by atoms with van der Waals surface area (Å²) in [6.45, 7) is 1.75. The zero-order chi connectivity index (χ0) is 23.4. The molecular weight excluding hydrogens is 440 g/mol. The zero-order valence-electron chi connectivity index (χ0n) is 18.0. The number of hydrogen-bond donors (Lipinski definition) is 2. The Morgan fingerprint density at radius 2 is 1.67 bits per heavy atom.